The first kappa shape index (κ1) is 12.5. The average molecular weight is 269 g/mol. The standard InChI is InChI=1S/C16H15NO3/c18-16(19)10-5-11-17-12-6-1-3-8-14(12)20-15-9-4-2-7-13(15)17/h1-4,6-9H,5,10-11H2,(H,18,19). The van der Waals surface area contributed by atoms with Gasteiger partial charge in [0.05, 0.1) is 11.4 Å². The maximum absolute atomic E-state index is 10.7. The van der Waals surface area contributed by atoms with Crippen LogP contribution in [0, 0.1) is 0 Å². The van der Waals surface area contributed by atoms with Crippen molar-refractivity contribution in [2.45, 2.75) is 12.8 Å². The van der Waals surface area contributed by atoms with Crippen LogP contribution in [0.2, 0.25) is 0 Å². The number of carbonyl (C=O) groups is 1. The monoisotopic (exact) mass is 269 g/mol. The first-order valence-electron chi connectivity index (χ1n) is 6.61. The van der Waals surface area contributed by atoms with Gasteiger partial charge in [-0.1, -0.05) is 24.3 Å². The van der Waals surface area contributed by atoms with Crippen molar-refractivity contribution in [1.29, 1.82) is 0 Å². The number of fused-ring (bicyclic) bond motifs is 2. The molecule has 0 saturated carbocycles. The number of nitrogens with zero attached hydrogens (tertiary/aromatic N) is 1. The second kappa shape index (κ2) is 5.25. The van der Waals surface area contributed by atoms with E-state index in [0.717, 1.165) is 22.9 Å². The van der Waals surface area contributed by atoms with Crippen LogP contribution in [0.1, 0.15) is 12.8 Å². The minimum Gasteiger partial charge on any atom is -0.481 e. The van der Waals surface area contributed by atoms with Gasteiger partial charge in [-0.3, -0.25) is 4.79 Å². The average Bonchev–Trinajstić information content (AvgIpc) is 2.46. The normalized spacial score (nSPS) is 12.3. The second-order valence-corrected chi connectivity index (χ2v) is 4.69. The first-order valence-corrected chi connectivity index (χ1v) is 6.61. The molecule has 102 valence electrons. The molecule has 2 aromatic rings. The van der Waals surface area contributed by atoms with Crippen molar-refractivity contribution in [3.63, 3.8) is 0 Å². The summed E-state index contributed by atoms with van der Waals surface area (Å²) in [6.07, 6.45) is 0.764. The van der Waals surface area contributed by atoms with Crippen molar-refractivity contribution in [1.82, 2.24) is 0 Å². The van der Waals surface area contributed by atoms with E-state index < -0.39 is 5.97 Å². The van der Waals surface area contributed by atoms with E-state index in [1.807, 2.05) is 48.5 Å². The van der Waals surface area contributed by atoms with Gasteiger partial charge >= 0.3 is 5.97 Å². The lowest BCUT2D eigenvalue weighted by molar-refractivity contribution is -0.137. The predicted molar refractivity (Wildman–Crippen MR) is 76.8 cm³/mol. The number of benzene rings is 2. The smallest absolute Gasteiger partial charge is 0.303 e. The van der Waals surface area contributed by atoms with Crippen LogP contribution in [-0.4, -0.2) is 17.6 Å². The van der Waals surface area contributed by atoms with Gasteiger partial charge in [-0.05, 0) is 30.7 Å². The number of hydrogen-bond donors (Lipinski definition) is 1. The molecule has 2 aromatic carbocycles. The molecule has 0 bridgehead atoms. The first-order chi connectivity index (χ1) is 9.75. The molecule has 4 nitrogen and oxygen atoms in total. The molecule has 1 aliphatic heterocycles. The summed E-state index contributed by atoms with van der Waals surface area (Å²) in [4.78, 5) is 12.8. The van der Waals surface area contributed by atoms with Crippen LogP contribution in [0.15, 0.2) is 48.5 Å². The topological polar surface area (TPSA) is 49.8 Å². The van der Waals surface area contributed by atoms with Crippen molar-refractivity contribution in [2.75, 3.05) is 11.4 Å². The summed E-state index contributed by atoms with van der Waals surface area (Å²) in [5, 5.41) is 8.79. The minimum absolute atomic E-state index is 0.168. The molecule has 20 heavy (non-hydrogen) atoms. The Kier molecular flexibility index (Phi) is 3.29. The number of rotatable bonds is 4. The fraction of sp³-hybridized carbons (Fsp3) is 0.188. The summed E-state index contributed by atoms with van der Waals surface area (Å²) in [6.45, 7) is 0.656. The van der Waals surface area contributed by atoms with Crippen molar-refractivity contribution >= 4 is 17.3 Å². The molecule has 4 heteroatoms. The maximum Gasteiger partial charge on any atom is 0.303 e. The SMILES string of the molecule is O=C(O)CCCN1c2ccccc2Oc2ccccc21. The van der Waals surface area contributed by atoms with Gasteiger partial charge in [-0.25, -0.2) is 0 Å². The zero-order valence-electron chi connectivity index (χ0n) is 11.0. The molecule has 1 heterocycles. The van der Waals surface area contributed by atoms with Crippen molar-refractivity contribution in [3.05, 3.63) is 48.5 Å². The summed E-state index contributed by atoms with van der Waals surface area (Å²) >= 11 is 0. The van der Waals surface area contributed by atoms with Gasteiger partial charge in [0.2, 0.25) is 0 Å². The van der Waals surface area contributed by atoms with E-state index >= 15 is 0 Å². The highest BCUT2D eigenvalue weighted by Crippen LogP contribution is 2.46. The summed E-state index contributed by atoms with van der Waals surface area (Å²) in [5.41, 5.74) is 1.97. The van der Waals surface area contributed by atoms with Crippen LogP contribution >= 0.6 is 0 Å². The number of carboxylic acids is 1. The Morgan fingerprint density at radius 2 is 1.55 bits per heavy atom. The highest BCUT2D eigenvalue weighted by atomic mass is 16.5. The molecule has 3 rings (SSSR count). The maximum atomic E-state index is 10.7. The van der Waals surface area contributed by atoms with E-state index in [4.69, 9.17) is 9.84 Å². The third-order valence-corrected chi connectivity index (χ3v) is 3.30. The quantitative estimate of drug-likeness (QED) is 0.917. The molecule has 0 atom stereocenters. The Morgan fingerprint density at radius 1 is 1.00 bits per heavy atom. The third kappa shape index (κ3) is 2.32. The number of carboxylic acid groups (broad SMARTS) is 1. The van der Waals surface area contributed by atoms with Gasteiger partial charge in [0.25, 0.3) is 0 Å². The highest BCUT2D eigenvalue weighted by Gasteiger charge is 2.23. The summed E-state index contributed by atoms with van der Waals surface area (Å²) in [7, 11) is 0. The van der Waals surface area contributed by atoms with Crippen LogP contribution in [-0.2, 0) is 4.79 Å². The molecule has 0 saturated heterocycles. The van der Waals surface area contributed by atoms with E-state index in [1.54, 1.807) is 0 Å². The minimum atomic E-state index is -0.764. The molecule has 0 radical (unpaired) electrons. The van der Waals surface area contributed by atoms with Gasteiger partial charge in [0.1, 0.15) is 0 Å². The van der Waals surface area contributed by atoms with E-state index in [1.165, 1.54) is 0 Å². The zero-order valence-corrected chi connectivity index (χ0v) is 11.0. The van der Waals surface area contributed by atoms with Gasteiger partial charge in [-0.15, -0.1) is 0 Å². The lowest BCUT2D eigenvalue weighted by Crippen LogP contribution is -2.22. The summed E-state index contributed by atoms with van der Waals surface area (Å²) < 4.78 is 5.88. The number of aliphatic carboxylic acids is 1. The predicted octanol–water partition coefficient (Wildman–Crippen LogP) is 3.80. The molecule has 0 aliphatic carbocycles. The Hall–Kier alpha value is -2.49. The van der Waals surface area contributed by atoms with Crippen LogP contribution in [0.5, 0.6) is 11.5 Å². The molecule has 0 aromatic heterocycles. The zero-order chi connectivity index (χ0) is 13.9. The molecule has 1 aliphatic rings. The molecule has 1 N–H and O–H groups in total. The van der Waals surface area contributed by atoms with Crippen LogP contribution < -0.4 is 9.64 Å². The van der Waals surface area contributed by atoms with E-state index in [-0.39, 0.29) is 6.42 Å². The lowest BCUT2D eigenvalue weighted by Gasteiger charge is -2.32. The Balaban J connectivity index is 1.93. The summed E-state index contributed by atoms with van der Waals surface area (Å²) in [5.74, 6) is 0.850. The molecular formula is C16H15NO3. The summed E-state index contributed by atoms with van der Waals surface area (Å²) in [6, 6.07) is 15.6. The molecular weight excluding hydrogens is 254 g/mol. The Bertz CT molecular complexity index is 594. The van der Waals surface area contributed by atoms with Gasteiger partial charge in [-0.2, -0.15) is 0 Å². The van der Waals surface area contributed by atoms with Crippen LogP contribution in [0.25, 0.3) is 0 Å². The van der Waals surface area contributed by atoms with Crippen LogP contribution in [0.3, 0.4) is 0 Å². The molecule has 0 fully saturated rings. The Labute approximate surface area is 117 Å². The number of hydrogen-bond acceptors (Lipinski definition) is 3. The fourth-order valence-electron chi connectivity index (χ4n) is 2.41. The number of anilines is 2. The lowest BCUT2D eigenvalue weighted by atomic mass is 10.1. The fourth-order valence-corrected chi connectivity index (χ4v) is 2.41. The van der Waals surface area contributed by atoms with E-state index in [0.29, 0.717) is 13.0 Å². The largest absolute Gasteiger partial charge is 0.481 e. The van der Waals surface area contributed by atoms with E-state index in [2.05, 4.69) is 4.90 Å². The molecule has 0 spiro atoms. The third-order valence-electron chi connectivity index (χ3n) is 3.30. The van der Waals surface area contributed by atoms with Gasteiger partial charge in [0.15, 0.2) is 11.5 Å². The van der Waals surface area contributed by atoms with Crippen molar-refractivity contribution in [3.8, 4) is 11.5 Å². The van der Waals surface area contributed by atoms with Crippen molar-refractivity contribution in [2.24, 2.45) is 0 Å². The van der Waals surface area contributed by atoms with Gasteiger partial charge < -0.3 is 14.7 Å². The number of ether oxygens (including phenoxy) is 1. The molecule has 0 unspecified atom stereocenters. The Morgan fingerprint density at radius 3 is 2.10 bits per heavy atom. The van der Waals surface area contributed by atoms with E-state index in [9.17, 15) is 4.79 Å². The second-order valence-electron chi connectivity index (χ2n) is 4.69. The molecule has 0 amide bonds. The van der Waals surface area contributed by atoms with Crippen molar-refractivity contribution < 1.29 is 14.6 Å². The number of para-hydroxylation sites is 4. The van der Waals surface area contributed by atoms with Crippen LogP contribution in [0.4, 0.5) is 11.4 Å². The van der Waals surface area contributed by atoms with Gasteiger partial charge in [0, 0.05) is 13.0 Å². The highest BCUT2D eigenvalue weighted by molar-refractivity contribution is 5.77.